The summed E-state index contributed by atoms with van der Waals surface area (Å²) >= 11 is 0. The Labute approximate surface area is 209 Å². The van der Waals surface area contributed by atoms with Gasteiger partial charge in [-0.15, -0.1) is 0 Å². The van der Waals surface area contributed by atoms with E-state index in [0.717, 1.165) is 0 Å². The highest BCUT2D eigenvalue weighted by Crippen LogP contribution is 2.08. The lowest BCUT2D eigenvalue weighted by Gasteiger charge is -2.27. The third-order valence-electron chi connectivity index (χ3n) is 5.80. The normalized spacial score (nSPS) is 15.9. The fraction of sp³-hybridized carbons (Fsp3) is 0.542. The first kappa shape index (κ1) is 30.5. The van der Waals surface area contributed by atoms with Crippen LogP contribution in [0.5, 0.6) is 0 Å². The molecular weight excluding hydrogens is 472 g/mol. The van der Waals surface area contributed by atoms with Crippen LogP contribution in [-0.4, -0.2) is 75.3 Å². The third-order valence-corrected chi connectivity index (χ3v) is 5.80. The van der Waals surface area contributed by atoms with Gasteiger partial charge in [0.05, 0.1) is 12.1 Å². The van der Waals surface area contributed by atoms with Crippen molar-refractivity contribution in [2.75, 3.05) is 0 Å². The van der Waals surface area contributed by atoms with Crippen LogP contribution in [0, 0.1) is 5.92 Å². The van der Waals surface area contributed by atoms with Gasteiger partial charge < -0.3 is 37.0 Å². The van der Waals surface area contributed by atoms with Gasteiger partial charge in [-0.1, -0.05) is 50.6 Å². The maximum atomic E-state index is 12.9. The van der Waals surface area contributed by atoms with Gasteiger partial charge >= 0.3 is 11.9 Å². The van der Waals surface area contributed by atoms with Crippen LogP contribution in [0.2, 0.25) is 0 Å². The molecule has 0 aliphatic rings. The second-order valence-corrected chi connectivity index (χ2v) is 8.72. The smallest absolute Gasteiger partial charge is 0.326 e. The number of nitrogens with one attached hydrogen (secondary N) is 3. The Morgan fingerprint density at radius 3 is 1.97 bits per heavy atom. The van der Waals surface area contributed by atoms with E-state index in [-0.39, 0.29) is 18.8 Å². The van der Waals surface area contributed by atoms with E-state index in [0.29, 0.717) is 12.0 Å². The molecule has 0 saturated carbocycles. The predicted octanol–water partition coefficient (Wildman–Crippen LogP) is -0.613. The molecule has 0 aromatic heterocycles. The molecule has 200 valence electrons. The topological polar surface area (TPSA) is 208 Å². The van der Waals surface area contributed by atoms with Crippen molar-refractivity contribution in [3.8, 4) is 0 Å². The highest BCUT2D eigenvalue weighted by Gasteiger charge is 2.33. The minimum Gasteiger partial charge on any atom is -0.481 e. The van der Waals surface area contributed by atoms with E-state index in [1.54, 1.807) is 37.3 Å². The van der Waals surface area contributed by atoms with Crippen LogP contribution in [0.15, 0.2) is 30.3 Å². The first-order chi connectivity index (χ1) is 16.9. The molecule has 12 nitrogen and oxygen atoms in total. The highest BCUT2D eigenvalue weighted by molar-refractivity contribution is 5.94. The van der Waals surface area contributed by atoms with Gasteiger partial charge in [-0.2, -0.15) is 0 Å². The van der Waals surface area contributed by atoms with Gasteiger partial charge in [0.1, 0.15) is 18.1 Å². The second kappa shape index (κ2) is 14.8. The average molecular weight is 509 g/mol. The van der Waals surface area contributed by atoms with Gasteiger partial charge in [0, 0.05) is 12.8 Å². The minimum atomic E-state index is -1.57. The maximum Gasteiger partial charge on any atom is 0.326 e. The predicted molar refractivity (Wildman–Crippen MR) is 130 cm³/mol. The summed E-state index contributed by atoms with van der Waals surface area (Å²) in [6.45, 7) is 4.81. The van der Waals surface area contributed by atoms with Crippen LogP contribution in [0.1, 0.15) is 45.6 Å². The van der Waals surface area contributed by atoms with E-state index in [2.05, 4.69) is 16.0 Å². The van der Waals surface area contributed by atoms with Crippen LogP contribution in [-0.2, 0) is 30.4 Å². The van der Waals surface area contributed by atoms with Gasteiger partial charge in [-0.05, 0) is 24.8 Å². The fourth-order valence-electron chi connectivity index (χ4n) is 3.29. The number of aliphatic carboxylic acids is 2. The van der Waals surface area contributed by atoms with Crippen molar-refractivity contribution in [3.05, 3.63) is 35.9 Å². The number of carboxylic acid groups (broad SMARTS) is 2. The van der Waals surface area contributed by atoms with Crippen LogP contribution in [0.25, 0.3) is 0 Å². The number of carbonyl (C=O) groups excluding carboxylic acids is 3. The summed E-state index contributed by atoms with van der Waals surface area (Å²) in [5.41, 5.74) is 6.55. The van der Waals surface area contributed by atoms with E-state index in [1.165, 1.54) is 6.92 Å². The molecule has 0 fully saturated rings. The number of hydrogen-bond donors (Lipinski definition) is 7. The molecule has 0 spiro atoms. The zero-order valence-electron chi connectivity index (χ0n) is 20.6. The number of amides is 3. The molecule has 12 heteroatoms. The van der Waals surface area contributed by atoms with Crippen LogP contribution >= 0.6 is 0 Å². The van der Waals surface area contributed by atoms with Crippen molar-refractivity contribution in [2.45, 2.75) is 76.7 Å². The highest BCUT2D eigenvalue weighted by atomic mass is 16.4. The SMILES string of the molecule is CCC(C)C(N)C(=O)NC(CCC(=O)O)C(=O)NC(C(=O)NC(Cc1ccccc1)C(=O)O)C(C)O. The van der Waals surface area contributed by atoms with Gasteiger partial charge in [0.2, 0.25) is 17.7 Å². The third kappa shape index (κ3) is 10.0. The number of carboxylic acids is 2. The van der Waals surface area contributed by atoms with E-state index >= 15 is 0 Å². The Morgan fingerprint density at radius 2 is 1.47 bits per heavy atom. The molecule has 1 aromatic rings. The molecule has 6 atom stereocenters. The molecule has 1 aromatic carbocycles. The van der Waals surface area contributed by atoms with Gasteiger partial charge in [-0.3, -0.25) is 19.2 Å². The van der Waals surface area contributed by atoms with Crippen molar-refractivity contribution >= 4 is 29.7 Å². The second-order valence-electron chi connectivity index (χ2n) is 8.72. The van der Waals surface area contributed by atoms with Gasteiger partial charge in [0.15, 0.2) is 0 Å². The monoisotopic (exact) mass is 508 g/mol. The maximum absolute atomic E-state index is 12.9. The Hall–Kier alpha value is -3.51. The standard InChI is InChI=1S/C24H36N4O8/c1-4-13(2)19(25)22(33)26-16(10-11-18(30)31)21(32)28-20(14(3)29)23(34)27-17(24(35)36)12-15-8-6-5-7-9-15/h5-9,13-14,16-17,19-20,29H,4,10-12,25H2,1-3H3,(H,26,33)(H,27,34)(H,28,32)(H,30,31)(H,35,36). The summed E-state index contributed by atoms with van der Waals surface area (Å²) in [7, 11) is 0. The first-order valence-electron chi connectivity index (χ1n) is 11.7. The molecule has 0 heterocycles. The summed E-state index contributed by atoms with van der Waals surface area (Å²) in [6.07, 6.45) is -1.62. The summed E-state index contributed by atoms with van der Waals surface area (Å²) in [4.78, 5) is 61.0. The van der Waals surface area contributed by atoms with Crippen molar-refractivity contribution in [3.63, 3.8) is 0 Å². The Kier molecular flexibility index (Phi) is 12.5. The molecule has 0 aliphatic heterocycles. The molecule has 3 amide bonds. The summed E-state index contributed by atoms with van der Waals surface area (Å²) in [5.74, 6) is -5.27. The van der Waals surface area contributed by atoms with E-state index in [9.17, 15) is 34.2 Å². The molecule has 36 heavy (non-hydrogen) atoms. The summed E-state index contributed by atoms with van der Waals surface area (Å²) < 4.78 is 0. The number of nitrogens with two attached hydrogens (primary N) is 1. The molecular formula is C24H36N4O8. The Bertz CT molecular complexity index is 909. The van der Waals surface area contributed by atoms with Gasteiger partial charge in [0.25, 0.3) is 0 Å². The van der Waals surface area contributed by atoms with Crippen LogP contribution < -0.4 is 21.7 Å². The van der Waals surface area contributed by atoms with E-state index in [4.69, 9.17) is 10.8 Å². The number of rotatable bonds is 15. The number of hydrogen-bond acceptors (Lipinski definition) is 7. The molecule has 0 radical (unpaired) electrons. The van der Waals surface area contributed by atoms with Crippen molar-refractivity contribution in [2.24, 2.45) is 11.7 Å². The number of benzene rings is 1. The molecule has 0 saturated heterocycles. The summed E-state index contributed by atoms with van der Waals surface area (Å²) in [5, 5.41) is 35.7. The lowest BCUT2D eigenvalue weighted by Crippen LogP contribution is -2.60. The molecule has 0 bridgehead atoms. The molecule has 6 unspecified atom stereocenters. The van der Waals surface area contributed by atoms with Crippen molar-refractivity contribution in [1.29, 1.82) is 0 Å². The average Bonchev–Trinajstić information content (AvgIpc) is 2.83. The van der Waals surface area contributed by atoms with E-state index < -0.39 is 66.4 Å². The van der Waals surface area contributed by atoms with Crippen LogP contribution in [0.4, 0.5) is 0 Å². The lowest BCUT2D eigenvalue weighted by atomic mass is 9.98. The first-order valence-corrected chi connectivity index (χ1v) is 11.7. The summed E-state index contributed by atoms with van der Waals surface area (Å²) in [6, 6.07) is 3.37. The number of aliphatic hydroxyl groups excluding tert-OH is 1. The largest absolute Gasteiger partial charge is 0.481 e. The number of aliphatic hydroxyl groups is 1. The molecule has 8 N–H and O–H groups in total. The van der Waals surface area contributed by atoms with Crippen molar-refractivity contribution < 1.29 is 39.3 Å². The zero-order chi connectivity index (χ0) is 27.4. The number of carbonyl (C=O) groups is 5. The Balaban J connectivity index is 3.00. The Morgan fingerprint density at radius 1 is 0.889 bits per heavy atom. The lowest BCUT2D eigenvalue weighted by molar-refractivity contribution is -0.143. The zero-order valence-corrected chi connectivity index (χ0v) is 20.6. The molecule has 0 aliphatic carbocycles. The quantitative estimate of drug-likeness (QED) is 0.161. The van der Waals surface area contributed by atoms with Gasteiger partial charge in [-0.25, -0.2) is 4.79 Å². The minimum absolute atomic E-state index is 0.0345. The van der Waals surface area contributed by atoms with Crippen LogP contribution in [0.3, 0.4) is 0 Å². The molecule has 1 rings (SSSR count). The van der Waals surface area contributed by atoms with Crippen molar-refractivity contribution in [1.82, 2.24) is 16.0 Å². The fourth-order valence-corrected chi connectivity index (χ4v) is 3.29. The van der Waals surface area contributed by atoms with E-state index in [1.807, 2.05) is 6.92 Å².